The molecular weight excluding hydrogens is 292 g/mol. The van der Waals surface area contributed by atoms with Crippen molar-refractivity contribution in [3.8, 4) is 0 Å². The Morgan fingerprint density at radius 2 is 1.91 bits per heavy atom. The van der Waals surface area contributed by atoms with Crippen molar-refractivity contribution in [3.05, 3.63) is 0 Å². The molecule has 2 atom stereocenters. The Hall–Kier alpha value is -1.30. The summed E-state index contributed by atoms with van der Waals surface area (Å²) in [6.07, 6.45) is 7.07. The molecule has 3 amide bonds. The van der Waals surface area contributed by atoms with Crippen LogP contribution in [0.4, 0.5) is 4.79 Å². The number of urea groups is 1. The van der Waals surface area contributed by atoms with Gasteiger partial charge in [0.25, 0.3) is 0 Å². The van der Waals surface area contributed by atoms with Crippen molar-refractivity contribution in [2.75, 3.05) is 19.6 Å². The smallest absolute Gasteiger partial charge is 0.315 e. The van der Waals surface area contributed by atoms with Gasteiger partial charge >= 0.3 is 6.03 Å². The molecule has 0 bridgehead atoms. The molecule has 1 heterocycles. The first kappa shape index (κ1) is 18.0. The molecule has 2 unspecified atom stereocenters. The van der Waals surface area contributed by atoms with Crippen molar-refractivity contribution in [3.63, 3.8) is 0 Å². The van der Waals surface area contributed by atoms with E-state index in [0.29, 0.717) is 31.5 Å². The number of hydrogen-bond acceptors (Lipinski definition) is 3. The van der Waals surface area contributed by atoms with E-state index in [1.165, 1.54) is 19.3 Å². The zero-order valence-electron chi connectivity index (χ0n) is 14.6. The van der Waals surface area contributed by atoms with Gasteiger partial charge in [0.2, 0.25) is 5.91 Å². The van der Waals surface area contributed by atoms with Gasteiger partial charge in [-0.1, -0.05) is 19.3 Å². The SMILES string of the molecule is CC1NCCN(C(=O)CCCNC(=O)NC2CCCCC2)C1C. The molecule has 3 N–H and O–H groups in total. The van der Waals surface area contributed by atoms with Gasteiger partial charge in [-0.25, -0.2) is 4.79 Å². The van der Waals surface area contributed by atoms with Crippen molar-refractivity contribution in [1.29, 1.82) is 0 Å². The minimum Gasteiger partial charge on any atom is -0.338 e. The van der Waals surface area contributed by atoms with Crippen LogP contribution in [-0.4, -0.2) is 54.6 Å². The van der Waals surface area contributed by atoms with E-state index in [0.717, 1.165) is 25.9 Å². The van der Waals surface area contributed by atoms with Gasteiger partial charge in [0, 0.05) is 44.2 Å². The van der Waals surface area contributed by atoms with Crippen LogP contribution in [0.2, 0.25) is 0 Å². The molecule has 0 radical (unpaired) electrons. The highest BCUT2D eigenvalue weighted by atomic mass is 16.2. The van der Waals surface area contributed by atoms with E-state index in [2.05, 4.69) is 29.8 Å². The molecule has 1 saturated heterocycles. The molecule has 6 heteroatoms. The van der Waals surface area contributed by atoms with Crippen LogP contribution in [-0.2, 0) is 4.79 Å². The van der Waals surface area contributed by atoms with Gasteiger partial charge in [-0.05, 0) is 33.1 Å². The van der Waals surface area contributed by atoms with Crippen molar-refractivity contribution < 1.29 is 9.59 Å². The lowest BCUT2D eigenvalue weighted by Gasteiger charge is -2.38. The number of nitrogens with one attached hydrogen (secondary N) is 3. The van der Waals surface area contributed by atoms with Crippen LogP contribution >= 0.6 is 0 Å². The van der Waals surface area contributed by atoms with Crippen molar-refractivity contribution >= 4 is 11.9 Å². The summed E-state index contributed by atoms with van der Waals surface area (Å²) >= 11 is 0. The van der Waals surface area contributed by atoms with Gasteiger partial charge in [0.1, 0.15) is 0 Å². The van der Waals surface area contributed by atoms with E-state index >= 15 is 0 Å². The third-order valence-electron chi connectivity index (χ3n) is 5.15. The second-order valence-electron chi connectivity index (χ2n) is 6.91. The number of carbonyl (C=O) groups excluding carboxylic acids is 2. The molecule has 2 rings (SSSR count). The molecule has 0 spiro atoms. The average molecular weight is 324 g/mol. The van der Waals surface area contributed by atoms with Crippen LogP contribution < -0.4 is 16.0 Å². The van der Waals surface area contributed by atoms with Crippen molar-refractivity contribution in [1.82, 2.24) is 20.9 Å². The van der Waals surface area contributed by atoms with Gasteiger partial charge in [0.15, 0.2) is 0 Å². The molecule has 0 aromatic heterocycles. The minimum absolute atomic E-state index is 0.0893. The third kappa shape index (κ3) is 5.68. The first-order chi connectivity index (χ1) is 11.1. The van der Waals surface area contributed by atoms with E-state index < -0.39 is 0 Å². The van der Waals surface area contributed by atoms with E-state index in [4.69, 9.17) is 0 Å². The summed E-state index contributed by atoms with van der Waals surface area (Å²) in [5.41, 5.74) is 0. The summed E-state index contributed by atoms with van der Waals surface area (Å²) in [6.45, 7) is 6.39. The molecule has 2 fully saturated rings. The third-order valence-corrected chi connectivity index (χ3v) is 5.15. The quantitative estimate of drug-likeness (QED) is 0.673. The highest BCUT2D eigenvalue weighted by molar-refractivity contribution is 5.77. The predicted molar refractivity (Wildman–Crippen MR) is 91.3 cm³/mol. The normalized spacial score (nSPS) is 25.9. The second kappa shape index (κ2) is 9.11. The van der Waals surface area contributed by atoms with Gasteiger partial charge in [-0.3, -0.25) is 4.79 Å². The Morgan fingerprint density at radius 1 is 1.17 bits per heavy atom. The van der Waals surface area contributed by atoms with E-state index in [1.807, 2.05) is 4.90 Å². The molecule has 23 heavy (non-hydrogen) atoms. The molecular formula is C17H32N4O2. The van der Waals surface area contributed by atoms with E-state index in [1.54, 1.807) is 0 Å². The van der Waals surface area contributed by atoms with Crippen LogP contribution in [0, 0.1) is 0 Å². The lowest BCUT2D eigenvalue weighted by Crippen LogP contribution is -2.57. The number of carbonyl (C=O) groups is 2. The van der Waals surface area contributed by atoms with Gasteiger partial charge in [-0.15, -0.1) is 0 Å². The first-order valence-electron chi connectivity index (χ1n) is 9.15. The minimum atomic E-state index is -0.0893. The molecule has 132 valence electrons. The second-order valence-corrected chi connectivity index (χ2v) is 6.91. The fourth-order valence-electron chi connectivity index (χ4n) is 3.48. The fourth-order valence-corrected chi connectivity index (χ4v) is 3.48. The summed E-state index contributed by atoms with van der Waals surface area (Å²) < 4.78 is 0. The van der Waals surface area contributed by atoms with Crippen molar-refractivity contribution in [2.24, 2.45) is 0 Å². The lowest BCUT2D eigenvalue weighted by atomic mass is 9.96. The summed E-state index contributed by atoms with van der Waals surface area (Å²) in [7, 11) is 0. The van der Waals surface area contributed by atoms with Crippen LogP contribution in [0.1, 0.15) is 58.8 Å². The fraction of sp³-hybridized carbons (Fsp3) is 0.882. The Bertz CT molecular complexity index is 396. The standard InChI is InChI=1S/C17H32N4O2/c1-13-14(2)21(12-11-18-13)16(22)9-6-10-19-17(23)20-15-7-4-3-5-8-15/h13-15,18H,3-12H2,1-2H3,(H2,19,20,23). The highest BCUT2D eigenvalue weighted by Crippen LogP contribution is 2.17. The number of amides is 3. The van der Waals surface area contributed by atoms with Gasteiger partial charge < -0.3 is 20.9 Å². The average Bonchev–Trinajstić information content (AvgIpc) is 2.55. The molecule has 1 saturated carbocycles. The van der Waals surface area contributed by atoms with Crippen LogP contribution in [0.25, 0.3) is 0 Å². The molecule has 1 aliphatic carbocycles. The maximum Gasteiger partial charge on any atom is 0.315 e. The number of piperazine rings is 1. The Kier molecular flexibility index (Phi) is 7.15. The zero-order chi connectivity index (χ0) is 16.7. The zero-order valence-corrected chi connectivity index (χ0v) is 14.6. The first-order valence-corrected chi connectivity index (χ1v) is 9.15. The maximum atomic E-state index is 12.3. The largest absolute Gasteiger partial charge is 0.338 e. The van der Waals surface area contributed by atoms with Gasteiger partial charge in [-0.2, -0.15) is 0 Å². The van der Waals surface area contributed by atoms with Crippen LogP contribution in [0.5, 0.6) is 0 Å². The van der Waals surface area contributed by atoms with Crippen LogP contribution in [0.3, 0.4) is 0 Å². The Balaban J connectivity index is 1.59. The number of hydrogen-bond donors (Lipinski definition) is 3. The maximum absolute atomic E-state index is 12.3. The summed E-state index contributed by atoms with van der Waals surface area (Å²) in [5.74, 6) is 0.195. The van der Waals surface area contributed by atoms with E-state index in [9.17, 15) is 9.59 Å². The molecule has 6 nitrogen and oxygen atoms in total. The monoisotopic (exact) mass is 324 g/mol. The molecule has 0 aromatic carbocycles. The number of nitrogens with zero attached hydrogens (tertiary/aromatic N) is 1. The summed E-state index contributed by atoms with van der Waals surface area (Å²) in [6, 6.07) is 0.813. The van der Waals surface area contributed by atoms with Crippen molar-refractivity contribution in [2.45, 2.75) is 76.9 Å². The van der Waals surface area contributed by atoms with E-state index in [-0.39, 0.29) is 18.0 Å². The Morgan fingerprint density at radius 3 is 2.65 bits per heavy atom. The molecule has 2 aliphatic rings. The lowest BCUT2D eigenvalue weighted by molar-refractivity contribution is -0.134. The summed E-state index contributed by atoms with van der Waals surface area (Å²) in [5, 5.41) is 9.28. The molecule has 0 aromatic rings. The summed E-state index contributed by atoms with van der Waals surface area (Å²) in [4.78, 5) is 26.1. The van der Waals surface area contributed by atoms with Crippen LogP contribution in [0.15, 0.2) is 0 Å². The predicted octanol–water partition coefficient (Wildman–Crippen LogP) is 1.61. The highest BCUT2D eigenvalue weighted by Gasteiger charge is 2.27. The molecule has 1 aliphatic heterocycles. The topological polar surface area (TPSA) is 73.5 Å². The Labute approximate surface area is 139 Å². The number of rotatable bonds is 5. The van der Waals surface area contributed by atoms with Gasteiger partial charge in [0.05, 0.1) is 0 Å².